The molecule has 0 aliphatic carbocycles. The van der Waals surface area contributed by atoms with Crippen LogP contribution in [0.15, 0.2) is 24.3 Å². The van der Waals surface area contributed by atoms with E-state index in [4.69, 9.17) is 0 Å². The predicted octanol–water partition coefficient (Wildman–Crippen LogP) is 3.23. The first-order chi connectivity index (χ1) is 9.45. The van der Waals surface area contributed by atoms with E-state index >= 15 is 0 Å². The summed E-state index contributed by atoms with van der Waals surface area (Å²) in [7, 11) is 0. The molecule has 2 atom stereocenters. The Morgan fingerprint density at radius 2 is 1.60 bits per heavy atom. The molecule has 20 heavy (non-hydrogen) atoms. The minimum atomic E-state index is -0.00710. The molecule has 2 unspecified atom stereocenters. The van der Waals surface area contributed by atoms with E-state index in [0.717, 1.165) is 18.7 Å². The lowest BCUT2D eigenvalue weighted by Gasteiger charge is -2.18. The van der Waals surface area contributed by atoms with Gasteiger partial charge in [-0.3, -0.25) is 4.79 Å². The topological polar surface area (TPSA) is 41.1 Å². The Morgan fingerprint density at radius 1 is 1.05 bits per heavy atom. The van der Waals surface area contributed by atoms with Crippen LogP contribution >= 0.6 is 0 Å². The van der Waals surface area contributed by atoms with Crippen LogP contribution < -0.4 is 10.6 Å². The van der Waals surface area contributed by atoms with Gasteiger partial charge in [0.1, 0.15) is 0 Å². The van der Waals surface area contributed by atoms with Gasteiger partial charge in [-0.2, -0.15) is 0 Å². The van der Waals surface area contributed by atoms with Crippen molar-refractivity contribution in [1.82, 2.24) is 10.6 Å². The van der Waals surface area contributed by atoms with Gasteiger partial charge in [0.15, 0.2) is 0 Å². The first-order valence-corrected chi connectivity index (χ1v) is 7.56. The Morgan fingerprint density at radius 3 is 2.10 bits per heavy atom. The van der Waals surface area contributed by atoms with Crippen LogP contribution in [-0.4, -0.2) is 19.0 Å². The van der Waals surface area contributed by atoms with E-state index in [9.17, 15) is 4.79 Å². The van der Waals surface area contributed by atoms with E-state index in [1.807, 2.05) is 20.8 Å². The zero-order valence-electron chi connectivity index (χ0n) is 13.4. The Hall–Kier alpha value is -1.35. The van der Waals surface area contributed by atoms with Crippen molar-refractivity contribution in [3.05, 3.63) is 35.4 Å². The quantitative estimate of drug-likeness (QED) is 0.803. The Labute approximate surface area is 123 Å². The second-order valence-electron chi connectivity index (χ2n) is 5.76. The van der Waals surface area contributed by atoms with Crippen molar-refractivity contribution in [1.29, 1.82) is 0 Å². The van der Waals surface area contributed by atoms with Crippen LogP contribution in [0, 0.1) is 5.92 Å². The van der Waals surface area contributed by atoms with E-state index in [-0.39, 0.29) is 17.9 Å². The normalized spacial score (nSPS) is 14.1. The van der Waals surface area contributed by atoms with Gasteiger partial charge in [-0.25, -0.2) is 0 Å². The van der Waals surface area contributed by atoms with Gasteiger partial charge in [0.2, 0.25) is 5.91 Å². The molecule has 1 aromatic rings. The summed E-state index contributed by atoms with van der Waals surface area (Å²) in [6.07, 6.45) is 0. The Bertz CT molecular complexity index is 412. The molecular weight excluding hydrogens is 248 g/mol. The second-order valence-corrected chi connectivity index (χ2v) is 5.76. The summed E-state index contributed by atoms with van der Waals surface area (Å²) in [5.41, 5.74) is 2.48. The van der Waals surface area contributed by atoms with E-state index in [1.54, 1.807) is 0 Å². The summed E-state index contributed by atoms with van der Waals surface area (Å²) in [6.45, 7) is 12.0. The summed E-state index contributed by atoms with van der Waals surface area (Å²) in [6, 6.07) is 8.55. The van der Waals surface area contributed by atoms with Gasteiger partial charge in [-0.1, -0.05) is 52.0 Å². The van der Waals surface area contributed by atoms with Crippen LogP contribution in [0.4, 0.5) is 0 Å². The molecule has 0 heterocycles. The van der Waals surface area contributed by atoms with Crippen LogP contribution in [0.2, 0.25) is 0 Å². The van der Waals surface area contributed by atoms with Gasteiger partial charge in [0.25, 0.3) is 0 Å². The monoisotopic (exact) mass is 276 g/mol. The highest BCUT2D eigenvalue weighted by Crippen LogP contribution is 2.18. The van der Waals surface area contributed by atoms with E-state index in [1.165, 1.54) is 5.56 Å². The molecule has 3 heteroatoms. The van der Waals surface area contributed by atoms with Crippen molar-refractivity contribution in [3.8, 4) is 0 Å². The molecule has 0 radical (unpaired) electrons. The summed E-state index contributed by atoms with van der Waals surface area (Å²) in [5.74, 6) is 0.632. The molecule has 1 rings (SSSR count). The van der Waals surface area contributed by atoms with Crippen LogP contribution in [0.3, 0.4) is 0 Å². The summed E-state index contributed by atoms with van der Waals surface area (Å²) < 4.78 is 0. The van der Waals surface area contributed by atoms with Gasteiger partial charge >= 0.3 is 0 Å². The first-order valence-electron chi connectivity index (χ1n) is 7.56. The van der Waals surface area contributed by atoms with Gasteiger partial charge < -0.3 is 10.6 Å². The number of amides is 1. The largest absolute Gasteiger partial charge is 0.349 e. The third kappa shape index (κ3) is 4.97. The average Bonchev–Trinajstić information content (AvgIpc) is 2.44. The Balaban J connectivity index is 2.57. The molecule has 0 aliphatic rings. The van der Waals surface area contributed by atoms with Gasteiger partial charge in [0.05, 0.1) is 6.04 Å². The lowest BCUT2D eigenvalue weighted by atomic mass is 9.99. The number of carbonyl (C=O) groups is 1. The van der Waals surface area contributed by atoms with Crippen molar-refractivity contribution in [3.63, 3.8) is 0 Å². The van der Waals surface area contributed by atoms with Crippen molar-refractivity contribution < 1.29 is 4.79 Å². The van der Waals surface area contributed by atoms with E-state index in [0.29, 0.717) is 5.92 Å². The maximum atomic E-state index is 12.1. The number of carbonyl (C=O) groups excluding carboxylic acids is 1. The average molecular weight is 276 g/mol. The van der Waals surface area contributed by atoms with E-state index in [2.05, 4.69) is 48.7 Å². The molecule has 0 fully saturated rings. The lowest BCUT2D eigenvalue weighted by molar-refractivity contribution is -0.125. The second kappa shape index (κ2) is 8.05. The predicted molar refractivity (Wildman–Crippen MR) is 84.8 cm³/mol. The molecule has 0 spiro atoms. The molecule has 2 N–H and O–H groups in total. The standard InChI is InChI=1S/C17H28N2O/c1-6-18-11-13(4)17(20)19-14(5)16-9-7-15(8-10-16)12(2)3/h7-10,12-14,18H,6,11H2,1-5H3,(H,19,20). The SMILES string of the molecule is CCNCC(C)C(=O)NC(C)c1ccc(C(C)C)cc1. The maximum Gasteiger partial charge on any atom is 0.224 e. The van der Waals surface area contributed by atoms with Crippen LogP contribution in [0.25, 0.3) is 0 Å². The fourth-order valence-electron chi connectivity index (χ4n) is 2.06. The molecule has 0 saturated heterocycles. The zero-order chi connectivity index (χ0) is 15.1. The number of nitrogens with one attached hydrogen (secondary N) is 2. The number of hydrogen-bond donors (Lipinski definition) is 2. The highest BCUT2D eigenvalue weighted by atomic mass is 16.1. The van der Waals surface area contributed by atoms with Crippen molar-refractivity contribution in [2.45, 2.75) is 46.6 Å². The van der Waals surface area contributed by atoms with Crippen LogP contribution in [0.1, 0.15) is 57.7 Å². The Kier molecular flexibility index (Phi) is 6.73. The fraction of sp³-hybridized carbons (Fsp3) is 0.588. The molecule has 3 nitrogen and oxygen atoms in total. The van der Waals surface area contributed by atoms with Gasteiger partial charge in [0, 0.05) is 12.5 Å². The van der Waals surface area contributed by atoms with Crippen molar-refractivity contribution >= 4 is 5.91 Å². The smallest absolute Gasteiger partial charge is 0.224 e. The highest BCUT2D eigenvalue weighted by molar-refractivity contribution is 5.78. The van der Waals surface area contributed by atoms with Crippen LogP contribution in [0.5, 0.6) is 0 Å². The minimum Gasteiger partial charge on any atom is -0.349 e. The first kappa shape index (κ1) is 16.7. The zero-order valence-corrected chi connectivity index (χ0v) is 13.4. The molecule has 0 saturated carbocycles. The molecule has 0 bridgehead atoms. The molecule has 0 aliphatic heterocycles. The minimum absolute atomic E-state index is 0.00710. The molecular formula is C17H28N2O. The molecule has 112 valence electrons. The number of benzene rings is 1. The van der Waals surface area contributed by atoms with Crippen molar-refractivity contribution in [2.24, 2.45) is 5.92 Å². The van der Waals surface area contributed by atoms with E-state index < -0.39 is 0 Å². The van der Waals surface area contributed by atoms with Gasteiger partial charge in [-0.15, -0.1) is 0 Å². The summed E-state index contributed by atoms with van der Waals surface area (Å²) >= 11 is 0. The fourth-order valence-corrected chi connectivity index (χ4v) is 2.06. The summed E-state index contributed by atoms with van der Waals surface area (Å²) in [4.78, 5) is 12.1. The third-order valence-electron chi connectivity index (χ3n) is 3.61. The third-order valence-corrected chi connectivity index (χ3v) is 3.61. The van der Waals surface area contributed by atoms with Crippen molar-refractivity contribution in [2.75, 3.05) is 13.1 Å². The number of rotatable bonds is 7. The lowest BCUT2D eigenvalue weighted by Crippen LogP contribution is -2.36. The highest BCUT2D eigenvalue weighted by Gasteiger charge is 2.15. The van der Waals surface area contributed by atoms with Crippen LogP contribution in [-0.2, 0) is 4.79 Å². The molecule has 1 aromatic carbocycles. The molecule has 0 aromatic heterocycles. The number of hydrogen-bond acceptors (Lipinski definition) is 2. The maximum absolute atomic E-state index is 12.1. The van der Waals surface area contributed by atoms with Gasteiger partial charge in [-0.05, 0) is 30.5 Å². The molecule has 1 amide bonds. The summed E-state index contributed by atoms with van der Waals surface area (Å²) in [5, 5.41) is 6.28.